The first-order chi connectivity index (χ1) is 11.3. The molecule has 0 saturated heterocycles. The zero-order valence-corrected chi connectivity index (χ0v) is 15.4. The molecule has 2 heterocycles. The molecule has 0 bridgehead atoms. The average Bonchev–Trinajstić information content (AvgIpc) is 2.79. The molecule has 0 radical (unpaired) electrons. The van der Waals surface area contributed by atoms with Crippen LogP contribution in [0.15, 0.2) is 25.9 Å². The van der Waals surface area contributed by atoms with E-state index in [1.807, 2.05) is 6.07 Å². The van der Waals surface area contributed by atoms with Gasteiger partial charge in [-0.2, -0.15) is 5.26 Å². The Bertz CT molecular complexity index is 1060. The summed E-state index contributed by atoms with van der Waals surface area (Å²) in [6.45, 7) is 0. The fourth-order valence-electron chi connectivity index (χ4n) is 2.42. The van der Waals surface area contributed by atoms with Crippen LogP contribution in [0.2, 0.25) is 5.02 Å². The average molecular weight is 472 g/mol. The molecule has 0 spiro atoms. The number of aromatic nitrogens is 1. The smallest absolute Gasteiger partial charge is 0.262 e. The molecule has 0 fully saturated rings. The van der Waals surface area contributed by atoms with E-state index in [9.17, 15) is 19.6 Å². The number of rotatable bonds is 1. The lowest BCUT2D eigenvalue weighted by atomic mass is 10.1. The first kappa shape index (κ1) is 16.7. The van der Waals surface area contributed by atoms with Crippen LogP contribution in [0, 0.1) is 11.3 Å². The van der Waals surface area contributed by atoms with Crippen molar-refractivity contribution in [2.24, 2.45) is 0 Å². The van der Waals surface area contributed by atoms with Crippen molar-refractivity contribution >= 4 is 61.1 Å². The second kappa shape index (κ2) is 5.73. The van der Waals surface area contributed by atoms with Gasteiger partial charge in [-0.1, -0.05) is 11.6 Å². The highest BCUT2D eigenvalue weighted by Crippen LogP contribution is 2.37. The number of nitriles is 1. The van der Waals surface area contributed by atoms with Crippen molar-refractivity contribution in [1.29, 1.82) is 5.26 Å². The molecule has 3 rings (SSSR count). The van der Waals surface area contributed by atoms with Gasteiger partial charge in [0.25, 0.3) is 17.4 Å². The fourth-order valence-corrected chi connectivity index (χ4v) is 3.94. The van der Waals surface area contributed by atoms with E-state index in [1.54, 1.807) is 6.07 Å². The van der Waals surface area contributed by atoms with Crippen LogP contribution in [0.4, 0.5) is 5.82 Å². The number of benzene rings is 1. The summed E-state index contributed by atoms with van der Waals surface area (Å²) in [5.41, 5.74) is 5.14. The molecule has 1 aromatic carbocycles. The predicted molar refractivity (Wildman–Crippen MR) is 93.4 cm³/mol. The normalized spacial score (nSPS) is 12.8. The fraction of sp³-hybridized carbons (Fsp3) is 0. The van der Waals surface area contributed by atoms with Gasteiger partial charge in [-0.3, -0.25) is 24.3 Å². The SMILES string of the molecule is N#Cc1c(Cl)c(Br)cc(Br)c1-n1c(N)c2c(cc1=O)C(=O)NC2=O. The molecular weight excluding hydrogens is 467 g/mol. The third-order valence-electron chi connectivity index (χ3n) is 3.43. The number of carbonyl (C=O) groups is 2. The number of hydrogen-bond donors (Lipinski definition) is 2. The number of hydrogen-bond acceptors (Lipinski definition) is 5. The molecule has 0 atom stereocenters. The third-order valence-corrected chi connectivity index (χ3v) is 5.29. The highest BCUT2D eigenvalue weighted by Gasteiger charge is 2.33. The second-order valence-corrected chi connectivity index (χ2v) is 6.85. The number of nitrogens with one attached hydrogen (secondary N) is 1. The van der Waals surface area contributed by atoms with Gasteiger partial charge in [0.1, 0.15) is 11.9 Å². The standard InChI is InChI=1S/C14H5Br2ClN4O3/c15-6-2-7(16)11(5(3-18)10(6)17)21-8(22)1-4-9(12(21)19)14(24)20-13(4)23/h1-2H,19H2,(H,20,23,24). The Morgan fingerprint density at radius 2 is 1.83 bits per heavy atom. The quantitative estimate of drug-likeness (QED) is 0.488. The van der Waals surface area contributed by atoms with Gasteiger partial charge in [-0.15, -0.1) is 0 Å². The van der Waals surface area contributed by atoms with E-state index in [4.69, 9.17) is 17.3 Å². The van der Waals surface area contributed by atoms with Gasteiger partial charge in [0.2, 0.25) is 0 Å². The van der Waals surface area contributed by atoms with Gasteiger partial charge in [-0.05, 0) is 37.9 Å². The van der Waals surface area contributed by atoms with Crippen molar-refractivity contribution in [1.82, 2.24) is 9.88 Å². The number of nitrogen functional groups attached to an aromatic ring is 1. The van der Waals surface area contributed by atoms with Gasteiger partial charge in [0.15, 0.2) is 0 Å². The van der Waals surface area contributed by atoms with Crippen molar-refractivity contribution in [2.75, 3.05) is 5.73 Å². The summed E-state index contributed by atoms with van der Waals surface area (Å²) >= 11 is 12.6. The summed E-state index contributed by atoms with van der Waals surface area (Å²) in [6.07, 6.45) is 0. The second-order valence-electron chi connectivity index (χ2n) is 4.76. The van der Waals surface area contributed by atoms with E-state index in [2.05, 4.69) is 37.2 Å². The Hall–Kier alpha value is -2.15. The van der Waals surface area contributed by atoms with Crippen LogP contribution in [0.3, 0.4) is 0 Å². The molecule has 0 unspecified atom stereocenters. The maximum atomic E-state index is 12.5. The Morgan fingerprint density at radius 3 is 2.46 bits per heavy atom. The Balaban J connectivity index is 2.47. The molecule has 10 heteroatoms. The van der Waals surface area contributed by atoms with Crippen LogP contribution < -0.4 is 16.6 Å². The minimum absolute atomic E-state index is 0.0172. The molecule has 7 nitrogen and oxygen atoms in total. The molecule has 120 valence electrons. The van der Waals surface area contributed by atoms with Crippen molar-refractivity contribution in [3.8, 4) is 11.8 Å². The predicted octanol–water partition coefficient (Wildman–Crippen LogP) is 2.35. The van der Waals surface area contributed by atoms with Crippen LogP contribution in [0.1, 0.15) is 26.3 Å². The number of nitrogens with two attached hydrogens (primary N) is 1. The minimum atomic E-state index is -0.709. The summed E-state index contributed by atoms with van der Waals surface area (Å²) in [5, 5.41) is 11.6. The van der Waals surface area contributed by atoms with E-state index in [-0.39, 0.29) is 33.2 Å². The molecule has 0 saturated carbocycles. The van der Waals surface area contributed by atoms with Gasteiger partial charge in [0.05, 0.1) is 27.4 Å². The number of fused-ring (bicyclic) bond motifs is 1. The van der Waals surface area contributed by atoms with Crippen LogP contribution in [0.25, 0.3) is 5.69 Å². The number of pyridine rings is 1. The lowest BCUT2D eigenvalue weighted by Gasteiger charge is -2.16. The summed E-state index contributed by atoms with van der Waals surface area (Å²) in [6, 6.07) is 4.45. The van der Waals surface area contributed by atoms with Crippen LogP contribution in [-0.4, -0.2) is 16.4 Å². The Labute approximate surface area is 156 Å². The third kappa shape index (κ3) is 2.26. The molecule has 2 amide bonds. The highest BCUT2D eigenvalue weighted by atomic mass is 79.9. The maximum Gasteiger partial charge on any atom is 0.262 e. The number of imide groups is 1. The van der Waals surface area contributed by atoms with Gasteiger partial charge >= 0.3 is 0 Å². The topological polar surface area (TPSA) is 118 Å². The molecule has 1 aliphatic rings. The van der Waals surface area contributed by atoms with E-state index in [0.29, 0.717) is 8.95 Å². The summed E-state index contributed by atoms with van der Waals surface area (Å²) in [7, 11) is 0. The first-order valence-corrected chi connectivity index (χ1v) is 8.23. The molecule has 2 aromatic rings. The molecular formula is C14H5Br2ClN4O3. The van der Waals surface area contributed by atoms with Crippen molar-refractivity contribution in [3.63, 3.8) is 0 Å². The summed E-state index contributed by atoms with van der Waals surface area (Å²) in [4.78, 5) is 36.1. The molecule has 1 aliphatic heterocycles. The van der Waals surface area contributed by atoms with E-state index in [0.717, 1.165) is 10.6 Å². The number of halogens is 3. The lowest BCUT2D eigenvalue weighted by Crippen LogP contribution is -2.25. The zero-order valence-electron chi connectivity index (χ0n) is 11.5. The molecule has 1 aromatic heterocycles. The van der Waals surface area contributed by atoms with Crippen molar-refractivity contribution < 1.29 is 9.59 Å². The molecule has 24 heavy (non-hydrogen) atoms. The first-order valence-electron chi connectivity index (χ1n) is 6.27. The minimum Gasteiger partial charge on any atom is -0.384 e. The monoisotopic (exact) mass is 470 g/mol. The van der Waals surface area contributed by atoms with Crippen LogP contribution >= 0.6 is 43.5 Å². The van der Waals surface area contributed by atoms with Crippen molar-refractivity contribution in [2.45, 2.75) is 0 Å². The maximum absolute atomic E-state index is 12.5. The van der Waals surface area contributed by atoms with Crippen molar-refractivity contribution in [3.05, 3.63) is 53.1 Å². The number of nitrogens with zero attached hydrogens (tertiary/aromatic N) is 2. The van der Waals surface area contributed by atoms with E-state index >= 15 is 0 Å². The molecule has 3 N–H and O–H groups in total. The van der Waals surface area contributed by atoms with E-state index in [1.165, 1.54) is 0 Å². The van der Waals surface area contributed by atoms with E-state index < -0.39 is 17.4 Å². The largest absolute Gasteiger partial charge is 0.384 e. The van der Waals surface area contributed by atoms with Crippen LogP contribution in [0.5, 0.6) is 0 Å². The number of amides is 2. The highest BCUT2D eigenvalue weighted by molar-refractivity contribution is 9.11. The van der Waals surface area contributed by atoms with Gasteiger partial charge < -0.3 is 5.73 Å². The Morgan fingerprint density at radius 1 is 1.17 bits per heavy atom. The summed E-state index contributed by atoms with van der Waals surface area (Å²) < 4.78 is 1.77. The zero-order chi connectivity index (χ0) is 17.8. The van der Waals surface area contributed by atoms with Gasteiger partial charge in [0, 0.05) is 15.0 Å². The number of carbonyl (C=O) groups excluding carboxylic acids is 2. The Kier molecular flexibility index (Phi) is 3.99. The summed E-state index contributed by atoms with van der Waals surface area (Å²) in [5.74, 6) is -1.66. The van der Waals surface area contributed by atoms with Gasteiger partial charge in [-0.25, -0.2) is 0 Å². The van der Waals surface area contributed by atoms with Crippen LogP contribution in [-0.2, 0) is 0 Å². The number of anilines is 1. The lowest BCUT2D eigenvalue weighted by molar-refractivity contribution is 0.0880. The molecule has 0 aliphatic carbocycles.